The van der Waals surface area contributed by atoms with Crippen molar-refractivity contribution in [3.05, 3.63) is 65.1 Å². The van der Waals surface area contributed by atoms with Gasteiger partial charge in [0.05, 0.1) is 12.0 Å². The molecule has 1 heterocycles. The van der Waals surface area contributed by atoms with Crippen LogP contribution in [0.1, 0.15) is 18.4 Å². The minimum Gasteiger partial charge on any atom is -0.497 e. The van der Waals surface area contributed by atoms with Crippen molar-refractivity contribution in [1.29, 1.82) is 0 Å². The lowest BCUT2D eigenvalue weighted by molar-refractivity contribution is -0.122. The average molecular weight is 413 g/mol. The molecule has 2 amide bonds. The molecule has 7 heteroatoms. The molecule has 0 spiro atoms. The molecule has 2 aromatic rings. The second kappa shape index (κ2) is 9.52. The number of anilines is 1. The Morgan fingerprint density at radius 3 is 2.57 bits per heavy atom. The van der Waals surface area contributed by atoms with E-state index in [1.54, 1.807) is 12.0 Å². The molecule has 0 bridgehead atoms. The van der Waals surface area contributed by atoms with Crippen molar-refractivity contribution in [3.63, 3.8) is 0 Å². The number of para-hydroxylation sites is 1. The lowest BCUT2D eigenvalue weighted by Gasteiger charge is -2.14. The van der Waals surface area contributed by atoms with Gasteiger partial charge < -0.3 is 10.1 Å². The van der Waals surface area contributed by atoms with Crippen LogP contribution in [0.3, 0.4) is 0 Å². The largest absolute Gasteiger partial charge is 0.497 e. The molecule has 1 saturated heterocycles. The van der Waals surface area contributed by atoms with Gasteiger partial charge in [-0.15, -0.1) is 0 Å². The number of benzene rings is 2. The number of carbonyl (C=O) groups is 2. The molecule has 3 rings (SSSR count). The summed E-state index contributed by atoms with van der Waals surface area (Å²) in [5.41, 5.74) is 1.67. The van der Waals surface area contributed by atoms with E-state index in [0.29, 0.717) is 28.6 Å². The quantitative estimate of drug-likeness (QED) is 0.542. The third kappa shape index (κ3) is 5.21. The number of ether oxygens (including phenoxy) is 1. The lowest BCUT2D eigenvalue weighted by Crippen LogP contribution is -2.29. The number of amides is 2. The number of hydrogen-bond acceptors (Lipinski definition) is 5. The van der Waals surface area contributed by atoms with E-state index in [-0.39, 0.29) is 11.8 Å². The summed E-state index contributed by atoms with van der Waals surface area (Å²) < 4.78 is 5.66. The highest BCUT2D eigenvalue weighted by molar-refractivity contribution is 8.26. The van der Waals surface area contributed by atoms with Crippen molar-refractivity contribution < 1.29 is 14.3 Å². The topological polar surface area (TPSA) is 58.6 Å². The predicted molar refractivity (Wildman–Crippen MR) is 117 cm³/mol. The van der Waals surface area contributed by atoms with Crippen LogP contribution in [0.2, 0.25) is 0 Å². The van der Waals surface area contributed by atoms with Crippen LogP contribution in [0.15, 0.2) is 59.5 Å². The van der Waals surface area contributed by atoms with Crippen molar-refractivity contribution >= 4 is 51.9 Å². The Morgan fingerprint density at radius 1 is 1.18 bits per heavy atom. The fourth-order valence-corrected chi connectivity index (χ4v) is 4.00. The third-order valence-corrected chi connectivity index (χ3v) is 5.51. The number of nitrogens with zero attached hydrogens (tertiary/aromatic N) is 1. The first-order valence-electron chi connectivity index (χ1n) is 8.81. The van der Waals surface area contributed by atoms with Crippen LogP contribution in [0.25, 0.3) is 6.08 Å². The molecule has 0 unspecified atom stereocenters. The van der Waals surface area contributed by atoms with Gasteiger partial charge in [0, 0.05) is 18.7 Å². The zero-order valence-electron chi connectivity index (χ0n) is 15.4. The Hall–Kier alpha value is -2.64. The molecule has 28 heavy (non-hydrogen) atoms. The maximum atomic E-state index is 12.6. The van der Waals surface area contributed by atoms with Gasteiger partial charge >= 0.3 is 0 Å². The fourth-order valence-electron chi connectivity index (χ4n) is 2.69. The monoisotopic (exact) mass is 412 g/mol. The smallest absolute Gasteiger partial charge is 0.266 e. The molecule has 144 valence electrons. The minimum absolute atomic E-state index is 0.0783. The van der Waals surface area contributed by atoms with E-state index in [0.717, 1.165) is 17.0 Å². The molecule has 0 radical (unpaired) electrons. The highest BCUT2D eigenvalue weighted by Gasteiger charge is 2.31. The summed E-state index contributed by atoms with van der Waals surface area (Å²) in [6.45, 7) is 0.423. The van der Waals surface area contributed by atoms with E-state index < -0.39 is 0 Å². The lowest BCUT2D eigenvalue weighted by atomic mass is 10.2. The van der Waals surface area contributed by atoms with Crippen molar-refractivity contribution in [2.24, 2.45) is 0 Å². The van der Waals surface area contributed by atoms with Crippen LogP contribution in [-0.2, 0) is 9.59 Å². The van der Waals surface area contributed by atoms with Crippen LogP contribution in [0.5, 0.6) is 5.75 Å². The van der Waals surface area contributed by atoms with Crippen molar-refractivity contribution in [3.8, 4) is 5.75 Å². The van der Waals surface area contributed by atoms with Crippen LogP contribution >= 0.6 is 24.0 Å². The maximum absolute atomic E-state index is 12.6. The van der Waals surface area contributed by atoms with Gasteiger partial charge in [-0.1, -0.05) is 54.3 Å². The number of nitrogens with one attached hydrogen (secondary N) is 1. The van der Waals surface area contributed by atoms with Gasteiger partial charge in [0.25, 0.3) is 5.91 Å². The number of carbonyl (C=O) groups excluding carboxylic acids is 2. The molecule has 5 nitrogen and oxygen atoms in total. The summed E-state index contributed by atoms with van der Waals surface area (Å²) in [7, 11) is 1.61. The molecule has 0 aliphatic carbocycles. The van der Waals surface area contributed by atoms with E-state index in [1.165, 1.54) is 11.8 Å². The Kier molecular flexibility index (Phi) is 6.84. The number of rotatable bonds is 7. The summed E-state index contributed by atoms with van der Waals surface area (Å²) >= 11 is 6.63. The molecule has 1 aliphatic rings. The Balaban J connectivity index is 1.53. The number of methoxy groups -OCH3 is 1. The molecule has 1 aliphatic heterocycles. The first kappa shape index (κ1) is 20.1. The second-order valence-corrected chi connectivity index (χ2v) is 7.80. The third-order valence-electron chi connectivity index (χ3n) is 4.13. The zero-order chi connectivity index (χ0) is 19.9. The minimum atomic E-state index is -0.116. The Morgan fingerprint density at radius 2 is 1.89 bits per heavy atom. The first-order chi connectivity index (χ1) is 13.6. The standard InChI is InChI=1S/C21H20N2O3S2/c1-26-17-11-9-15(10-12-17)14-18-20(25)23(21(27)28-18)13-5-8-19(24)22-16-6-3-2-4-7-16/h2-4,6-7,9-12,14H,5,8,13H2,1H3,(H,22,24)/b18-14-. The maximum Gasteiger partial charge on any atom is 0.266 e. The Labute approximate surface area is 173 Å². The molecule has 1 fully saturated rings. The summed E-state index contributed by atoms with van der Waals surface area (Å²) in [4.78, 5) is 26.8. The van der Waals surface area contributed by atoms with Crippen molar-refractivity contribution in [1.82, 2.24) is 4.90 Å². The molecule has 2 aromatic carbocycles. The van der Waals surface area contributed by atoms with E-state index in [1.807, 2.05) is 60.7 Å². The highest BCUT2D eigenvalue weighted by Crippen LogP contribution is 2.33. The normalized spacial score (nSPS) is 15.2. The van der Waals surface area contributed by atoms with Crippen molar-refractivity contribution in [2.45, 2.75) is 12.8 Å². The molecule has 0 aromatic heterocycles. The van der Waals surface area contributed by atoms with Gasteiger partial charge in [-0.3, -0.25) is 14.5 Å². The summed E-state index contributed by atoms with van der Waals surface area (Å²) in [5, 5.41) is 2.84. The van der Waals surface area contributed by atoms with Gasteiger partial charge in [0.15, 0.2) is 0 Å². The van der Waals surface area contributed by atoms with Crippen LogP contribution in [0.4, 0.5) is 5.69 Å². The number of thioether (sulfide) groups is 1. The molecule has 1 N–H and O–H groups in total. The fraction of sp³-hybridized carbons (Fsp3) is 0.190. The van der Waals surface area contributed by atoms with Gasteiger partial charge in [-0.25, -0.2) is 0 Å². The molecule has 0 saturated carbocycles. The van der Waals surface area contributed by atoms with E-state index >= 15 is 0 Å². The van der Waals surface area contributed by atoms with Crippen LogP contribution < -0.4 is 10.1 Å². The van der Waals surface area contributed by atoms with Crippen LogP contribution in [0, 0.1) is 0 Å². The summed E-state index contributed by atoms with van der Waals surface area (Å²) in [6, 6.07) is 16.8. The van der Waals surface area contributed by atoms with Gasteiger partial charge in [-0.2, -0.15) is 0 Å². The van der Waals surface area contributed by atoms with E-state index in [2.05, 4.69) is 5.32 Å². The second-order valence-electron chi connectivity index (χ2n) is 6.12. The predicted octanol–water partition coefficient (Wildman–Crippen LogP) is 4.32. The number of thiocarbonyl (C=S) groups is 1. The van der Waals surface area contributed by atoms with Gasteiger partial charge in [-0.05, 0) is 42.3 Å². The molecular weight excluding hydrogens is 392 g/mol. The first-order valence-corrected chi connectivity index (χ1v) is 10.0. The molecule has 0 atom stereocenters. The number of hydrogen-bond donors (Lipinski definition) is 1. The average Bonchev–Trinajstić information content (AvgIpc) is 2.96. The van der Waals surface area contributed by atoms with Crippen molar-refractivity contribution in [2.75, 3.05) is 19.0 Å². The van der Waals surface area contributed by atoms with E-state index in [4.69, 9.17) is 17.0 Å². The summed E-state index contributed by atoms with van der Waals surface area (Å²) in [6.07, 6.45) is 2.69. The van der Waals surface area contributed by atoms with Gasteiger partial charge in [0.2, 0.25) is 5.91 Å². The van der Waals surface area contributed by atoms with Gasteiger partial charge in [0.1, 0.15) is 10.1 Å². The zero-order valence-corrected chi connectivity index (χ0v) is 17.0. The Bertz CT molecular complexity index is 896. The highest BCUT2D eigenvalue weighted by atomic mass is 32.2. The SMILES string of the molecule is COc1ccc(/C=C2\SC(=S)N(CCCC(=O)Nc3ccccc3)C2=O)cc1. The van der Waals surface area contributed by atoms with Crippen LogP contribution in [-0.4, -0.2) is 34.7 Å². The summed E-state index contributed by atoms with van der Waals surface area (Å²) in [5.74, 6) is 0.568. The molecular formula is C21H20N2O3S2. The van der Waals surface area contributed by atoms with E-state index in [9.17, 15) is 9.59 Å².